The van der Waals surface area contributed by atoms with Gasteiger partial charge in [0.25, 0.3) is 0 Å². The van der Waals surface area contributed by atoms with Gasteiger partial charge in [0, 0.05) is 6.07 Å². The minimum Gasteiger partial charge on any atom is -0.504 e. The van der Waals surface area contributed by atoms with Crippen LogP contribution in [0.4, 0.5) is 4.39 Å². The van der Waals surface area contributed by atoms with Gasteiger partial charge in [-0.3, -0.25) is 0 Å². The monoisotopic (exact) mass is 218 g/mol. The van der Waals surface area contributed by atoms with Crippen LogP contribution in [0.2, 0.25) is 0 Å². The lowest BCUT2D eigenvalue weighted by Gasteiger charge is -2.07. The lowest BCUT2D eigenvalue weighted by atomic mass is 10.2. The number of phenols is 1. The van der Waals surface area contributed by atoms with E-state index < -0.39 is 5.82 Å². The Hall–Kier alpha value is -2.03. The topological polar surface area (TPSA) is 29.5 Å². The molecule has 0 aliphatic rings. The normalized spacial score (nSPS) is 10.1. The van der Waals surface area contributed by atoms with Gasteiger partial charge in [0.1, 0.15) is 12.4 Å². The zero-order valence-electron chi connectivity index (χ0n) is 8.56. The Kier molecular flexibility index (Phi) is 3.05. The van der Waals surface area contributed by atoms with Crippen LogP contribution >= 0.6 is 0 Å². The van der Waals surface area contributed by atoms with Crippen LogP contribution in [0, 0.1) is 5.82 Å². The molecule has 16 heavy (non-hydrogen) atoms. The van der Waals surface area contributed by atoms with E-state index in [0.29, 0.717) is 6.61 Å². The van der Waals surface area contributed by atoms with Crippen LogP contribution in [-0.4, -0.2) is 5.11 Å². The number of halogens is 1. The van der Waals surface area contributed by atoms with Gasteiger partial charge in [0.05, 0.1) is 0 Å². The standard InChI is InChI=1S/C13H11FO2/c14-11-6-7-12(15)13(8-11)16-9-10-4-2-1-3-5-10/h1-8,15H,9H2. The van der Waals surface area contributed by atoms with Crippen molar-refractivity contribution in [2.24, 2.45) is 0 Å². The van der Waals surface area contributed by atoms with Crippen molar-refractivity contribution < 1.29 is 14.2 Å². The van der Waals surface area contributed by atoms with Gasteiger partial charge >= 0.3 is 0 Å². The summed E-state index contributed by atoms with van der Waals surface area (Å²) in [5, 5.41) is 9.42. The molecule has 0 radical (unpaired) electrons. The first-order valence-corrected chi connectivity index (χ1v) is 4.91. The molecule has 0 heterocycles. The second-order valence-corrected chi connectivity index (χ2v) is 3.39. The van der Waals surface area contributed by atoms with Crippen molar-refractivity contribution in [3.05, 3.63) is 59.9 Å². The Morgan fingerprint density at radius 3 is 2.56 bits per heavy atom. The van der Waals surface area contributed by atoms with Crippen LogP contribution in [-0.2, 0) is 6.61 Å². The number of phenolic OH excluding ortho intramolecular Hbond substituents is 1. The zero-order valence-corrected chi connectivity index (χ0v) is 8.56. The second-order valence-electron chi connectivity index (χ2n) is 3.39. The molecule has 0 saturated carbocycles. The molecule has 2 nitrogen and oxygen atoms in total. The van der Waals surface area contributed by atoms with Gasteiger partial charge in [-0.2, -0.15) is 0 Å². The first-order chi connectivity index (χ1) is 7.75. The molecule has 2 aromatic rings. The smallest absolute Gasteiger partial charge is 0.164 e. The van der Waals surface area contributed by atoms with Crippen molar-refractivity contribution in [1.82, 2.24) is 0 Å². The fourth-order valence-corrected chi connectivity index (χ4v) is 1.34. The number of benzene rings is 2. The van der Waals surface area contributed by atoms with Crippen LogP contribution in [0.5, 0.6) is 11.5 Å². The van der Waals surface area contributed by atoms with Crippen molar-refractivity contribution >= 4 is 0 Å². The molecule has 0 aliphatic heterocycles. The summed E-state index contributed by atoms with van der Waals surface area (Å²) in [6.07, 6.45) is 0. The van der Waals surface area contributed by atoms with Crippen molar-refractivity contribution in [3.63, 3.8) is 0 Å². The summed E-state index contributed by atoms with van der Waals surface area (Å²) in [6.45, 7) is 0.303. The molecule has 0 unspecified atom stereocenters. The fourth-order valence-electron chi connectivity index (χ4n) is 1.34. The van der Waals surface area contributed by atoms with E-state index in [2.05, 4.69) is 0 Å². The third-order valence-electron chi connectivity index (χ3n) is 2.16. The molecule has 2 rings (SSSR count). The lowest BCUT2D eigenvalue weighted by Crippen LogP contribution is -1.95. The zero-order chi connectivity index (χ0) is 11.4. The van der Waals surface area contributed by atoms with Gasteiger partial charge in [-0.05, 0) is 17.7 Å². The molecule has 0 bridgehead atoms. The third kappa shape index (κ3) is 2.51. The molecule has 0 amide bonds. The Morgan fingerprint density at radius 1 is 1.06 bits per heavy atom. The van der Waals surface area contributed by atoms with E-state index in [4.69, 9.17) is 4.74 Å². The molecule has 0 spiro atoms. The SMILES string of the molecule is Oc1ccc(F)cc1OCc1ccccc1. The van der Waals surface area contributed by atoms with Crippen molar-refractivity contribution in [2.45, 2.75) is 6.61 Å². The average molecular weight is 218 g/mol. The average Bonchev–Trinajstić information content (AvgIpc) is 2.32. The molecule has 0 saturated heterocycles. The van der Waals surface area contributed by atoms with E-state index in [1.54, 1.807) is 0 Å². The van der Waals surface area contributed by atoms with Crippen LogP contribution < -0.4 is 4.74 Å². The predicted octanol–water partition coefficient (Wildman–Crippen LogP) is 3.11. The van der Waals surface area contributed by atoms with Gasteiger partial charge in [0.2, 0.25) is 0 Å². The number of hydrogen-bond donors (Lipinski definition) is 1. The quantitative estimate of drug-likeness (QED) is 0.857. The highest BCUT2D eigenvalue weighted by atomic mass is 19.1. The second kappa shape index (κ2) is 4.66. The number of rotatable bonds is 3. The minimum absolute atomic E-state index is 0.0580. The molecule has 0 fully saturated rings. The summed E-state index contributed by atoms with van der Waals surface area (Å²) in [5.41, 5.74) is 0.964. The highest BCUT2D eigenvalue weighted by Crippen LogP contribution is 2.26. The van der Waals surface area contributed by atoms with Crippen molar-refractivity contribution in [1.29, 1.82) is 0 Å². The maximum atomic E-state index is 12.9. The van der Waals surface area contributed by atoms with Gasteiger partial charge in [0.15, 0.2) is 11.5 Å². The molecular weight excluding hydrogens is 207 g/mol. The molecule has 0 atom stereocenters. The van der Waals surface area contributed by atoms with E-state index in [-0.39, 0.29) is 11.5 Å². The summed E-state index contributed by atoms with van der Waals surface area (Å²) in [5.74, 6) is -0.331. The minimum atomic E-state index is -0.430. The van der Waals surface area contributed by atoms with Crippen LogP contribution in [0.15, 0.2) is 48.5 Å². The predicted molar refractivity (Wildman–Crippen MR) is 58.8 cm³/mol. The van der Waals surface area contributed by atoms with E-state index in [9.17, 15) is 9.50 Å². The van der Waals surface area contributed by atoms with Crippen LogP contribution in [0.1, 0.15) is 5.56 Å². The Balaban J connectivity index is 2.08. The number of ether oxygens (including phenoxy) is 1. The van der Waals surface area contributed by atoms with Crippen molar-refractivity contribution in [3.8, 4) is 11.5 Å². The fraction of sp³-hybridized carbons (Fsp3) is 0.0769. The van der Waals surface area contributed by atoms with E-state index in [1.165, 1.54) is 12.1 Å². The molecule has 0 aromatic heterocycles. The molecule has 0 aliphatic carbocycles. The maximum Gasteiger partial charge on any atom is 0.164 e. The molecule has 3 heteroatoms. The Morgan fingerprint density at radius 2 is 1.81 bits per heavy atom. The third-order valence-corrected chi connectivity index (χ3v) is 2.16. The first-order valence-electron chi connectivity index (χ1n) is 4.91. The Labute approximate surface area is 92.9 Å². The highest BCUT2D eigenvalue weighted by molar-refractivity contribution is 5.38. The number of hydrogen-bond acceptors (Lipinski definition) is 2. The molecule has 82 valence electrons. The maximum absolute atomic E-state index is 12.9. The van der Waals surface area contributed by atoms with Gasteiger partial charge < -0.3 is 9.84 Å². The summed E-state index contributed by atoms with van der Waals surface area (Å²) < 4.78 is 18.2. The van der Waals surface area contributed by atoms with Gasteiger partial charge in [-0.25, -0.2) is 4.39 Å². The summed E-state index contributed by atoms with van der Waals surface area (Å²) >= 11 is 0. The summed E-state index contributed by atoms with van der Waals surface area (Å²) in [7, 11) is 0. The molecular formula is C13H11FO2. The lowest BCUT2D eigenvalue weighted by molar-refractivity contribution is 0.287. The van der Waals surface area contributed by atoms with E-state index in [0.717, 1.165) is 11.6 Å². The van der Waals surface area contributed by atoms with E-state index in [1.807, 2.05) is 30.3 Å². The van der Waals surface area contributed by atoms with Crippen molar-refractivity contribution in [2.75, 3.05) is 0 Å². The highest BCUT2D eigenvalue weighted by Gasteiger charge is 2.03. The number of aromatic hydroxyl groups is 1. The summed E-state index contributed by atoms with van der Waals surface area (Å²) in [6, 6.07) is 13.1. The first kappa shape index (κ1) is 10.5. The van der Waals surface area contributed by atoms with E-state index >= 15 is 0 Å². The Bertz CT molecular complexity index is 469. The van der Waals surface area contributed by atoms with Crippen LogP contribution in [0.3, 0.4) is 0 Å². The summed E-state index contributed by atoms with van der Waals surface area (Å²) in [4.78, 5) is 0. The van der Waals surface area contributed by atoms with Crippen LogP contribution in [0.25, 0.3) is 0 Å². The van der Waals surface area contributed by atoms with Gasteiger partial charge in [-0.15, -0.1) is 0 Å². The molecule has 2 aromatic carbocycles. The largest absolute Gasteiger partial charge is 0.504 e. The van der Waals surface area contributed by atoms with Gasteiger partial charge in [-0.1, -0.05) is 30.3 Å². The molecule has 1 N–H and O–H groups in total.